The van der Waals surface area contributed by atoms with Crippen molar-refractivity contribution in [3.8, 4) is 11.4 Å². The number of carboxylic acids is 1. The van der Waals surface area contributed by atoms with E-state index in [1.54, 1.807) is 32.6 Å². The number of imidazole rings is 1. The van der Waals surface area contributed by atoms with Crippen LogP contribution in [0.25, 0.3) is 11.8 Å². The van der Waals surface area contributed by atoms with Gasteiger partial charge in [0.2, 0.25) is 0 Å². The average molecular weight is 529 g/mol. The van der Waals surface area contributed by atoms with E-state index in [9.17, 15) is 18.7 Å². The number of nitrogens with zero attached hydrogens (tertiary/aromatic N) is 4. The maximum absolute atomic E-state index is 13.9. The number of carboxylic acid groups (broad SMARTS) is 1. The van der Waals surface area contributed by atoms with Crippen molar-refractivity contribution in [2.75, 3.05) is 20.3 Å². The first-order valence-corrected chi connectivity index (χ1v) is 11.9. The molecule has 1 aliphatic rings. The Morgan fingerprint density at radius 1 is 1.18 bits per heavy atom. The summed E-state index contributed by atoms with van der Waals surface area (Å²) in [6.07, 6.45) is 6.95. The van der Waals surface area contributed by atoms with Gasteiger partial charge < -0.3 is 28.9 Å². The third-order valence-electron chi connectivity index (χ3n) is 5.63. The fourth-order valence-corrected chi connectivity index (χ4v) is 3.99. The highest BCUT2D eigenvalue weighted by atomic mass is 19.1. The van der Waals surface area contributed by atoms with Gasteiger partial charge in [-0.25, -0.2) is 18.6 Å². The van der Waals surface area contributed by atoms with E-state index in [0.29, 0.717) is 17.6 Å². The first-order chi connectivity index (χ1) is 18.2. The summed E-state index contributed by atoms with van der Waals surface area (Å²) in [6, 6.07) is 8.10. The third kappa shape index (κ3) is 5.77. The highest BCUT2D eigenvalue weighted by Gasteiger charge is 2.54. The Labute approximate surface area is 219 Å². The van der Waals surface area contributed by atoms with Crippen molar-refractivity contribution in [3.05, 3.63) is 83.6 Å². The van der Waals surface area contributed by atoms with E-state index < -0.39 is 23.3 Å². The number of hydrogen-bond donors (Lipinski definition) is 1. The molecule has 1 aromatic heterocycles. The molecule has 1 aliphatic heterocycles. The molecule has 2 aromatic carbocycles. The molecule has 0 spiro atoms. The lowest BCUT2D eigenvalue weighted by atomic mass is 10.0. The van der Waals surface area contributed by atoms with Gasteiger partial charge in [0.25, 0.3) is 0 Å². The first-order valence-electron chi connectivity index (χ1n) is 11.9. The number of hydrogen-bond acceptors (Lipinski definition) is 7. The summed E-state index contributed by atoms with van der Waals surface area (Å²) in [5.41, 5.74) is -0.797. The molecule has 0 fully saturated rings. The molecular formula is C27H30F2N4O5. The van der Waals surface area contributed by atoms with E-state index in [2.05, 4.69) is 10.1 Å². The molecule has 38 heavy (non-hydrogen) atoms. The van der Waals surface area contributed by atoms with Crippen LogP contribution in [-0.2, 0) is 20.1 Å². The van der Waals surface area contributed by atoms with Crippen molar-refractivity contribution in [3.63, 3.8) is 0 Å². The van der Waals surface area contributed by atoms with Crippen LogP contribution < -0.4 is 4.74 Å². The van der Waals surface area contributed by atoms with Gasteiger partial charge in [-0.15, -0.1) is 0 Å². The van der Waals surface area contributed by atoms with Gasteiger partial charge in [0.1, 0.15) is 29.8 Å². The Balaban J connectivity index is 0.00000195. The second-order valence-corrected chi connectivity index (χ2v) is 7.99. The normalized spacial score (nSPS) is 16.8. The van der Waals surface area contributed by atoms with Gasteiger partial charge in [0.15, 0.2) is 0 Å². The molecule has 1 unspecified atom stereocenters. The predicted molar refractivity (Wildman–Crippen MR) is 138 cm³/mol. The number of ether oxygens (including phenoxy) is 2. The number of aliphatic carboxylic acids is 1. The van der Waals surface area contributed by atoms with E-state index in [-0.39, 0.29) is 24.6 Å². The summed E-state index contributed by atoms with van der Waals surface area (Å²) in [4.78, 5) is 22.8. The van der Waals surface area contributed by atoms with Crippen LogP contribution in [0, 0.1) is 11.6 Å². The Hall–Kier alpha value is -4.41. The van der Waals surface area contributed by atoms with Crippen LogP contribution >= 0.6 is 0 Å². The number of amidine groups is 1. The van der Waals surface area contributed by atoms with Gasteiger partial charge in [-0.05, 0) is 49.8 Å². The van der Waals surface area contributed by atoms with Gasteiger partial charge in [-0.1, -0.05) is 25.1 Å². The fourth-order valence-electron chi connectivity index (χ4n) is 3.99. The average Bonchev–Trinajstić information content (AvgIpc) is 3.54. The summed E-state index contributed by atoms with van der Waals surface area (Å²) in [5, 5.41) is 13.7. The van der Waals surface area contributed by atoms with Crippen LogP contribution in [0.15, 0.2) is 66.0 Å². The molecule has 9 nitrogen and oxygen atoms in total. The molecule has 2 heterocycles. The van der Waals surface area contributed by atoms with E-state index >= 15 is 0 Å². The second-order valence-electron chi connectivity index (χ2n) is 7.99. The number of aromatic nitrogens is 2. The molecular weight excluding hydrogens is 498 g/mol. The van der Waals surface area contributed by atoms with Gasteiger partial charge >= 0.3 is 11.7 Å². The zero-order valence-electron chi connectivity index (χ0n) is 21.8. The molecule has 4 rings (SSSR count). The van der Waals surface area contributed by atoms with Gasteiger partial charge in [-0.2, -0.15) is 0 Å². The van der Waals surface area contributed by atoms with Crippen molar-refractivity contribution in [1.29, 1.82) is 0 Å². The topological polar surface area (TPSA) is 98.4 Å². The van der Waals surface area contributed by atoms with E-state index in [0.717, 1.165) is 23.4 Å². The highest BCUT2D eigenvalue weighted by Crippen LogP contribution is 2.36. The van der Waals surface area contributed by atoms with Crippen molar-refractivity contribution in [1.82, 2.24) is 14.5 Å². The molecule has 0 amide bonds. The minimum absolute atomic E-state index is 0.0217. The molecule has 0 bridgehead atoms. The molecule has 11 heteroatoms. The zero-order valence-corrected chi connectivity index (χ0v) is 21.8. The molecule has 0 radical (unpaired) electrons. The van der Waals surface area contributed by atoms with Crippen LogP contribution in [0.5, 0.6) is 5.75 Å². The SMILES string of the molecule is CC.COc1cc(/C=C(/C)OCCN2C(C)=NOC2(C(=O)O)c2cc(F)cc(F)c2)ccc1-n1ccnc1. The Morgan fingerprint density at radius 3 is 2.50 bits per heavy atom. The number of methoxy groups -OCH3 is 1. The monoisotopic (exact) mass is 528 g/mol. The molecule has 1 N–H and O–H groups in total. The predicted octanol–water partition coefficient (Wildman–Crippen LogP) is 5.17. The zero-order chi connectivity index (χ0) is 27.9. The quantitative estimate of drug-likeness (QED) is 0.383. The summed E-state index contributed by atoms with van der Waals surface area (Å²) in [6.45, 7) is 7.37. The van der Waals surface area contributed by atoms with E-state index in [1.165, 1.54) is 11.8 Å². The number of allylic oxidation sites excluding steroid dienone is 1. The molecule has 0 saturated carbocycles. The highest BCUT2D eigenvalue weighted by molar-refractivity contribution is 5.90. The van der Waals surface area contributed by atoms with Crippen LogP contribution in [0.4, 0.5) is 8.78 Å². The lowest BCUT2D eigenvalue weighted by Gasteiger charge is -2.33. The standard InChI is InChI=1S/C25H24F2N4O5.C2H6/c1-16(10-18-4-5-22(23(11-18)34-3)30-7-6-28-15-30)35-9-8-31-17(2)29-36-25(31,24(32)33)19-12-20(26)14-21(27)13-19;1-2/h4-7,10-15H,8-9H2,1-3H3,(H,32,33);1-2H3/b16-10-;. The van der Waals surface area contributed by atoms with Crippen LogP contribution in [0.3, 0.4) is 0 Å². The molecule has 1 atom stereocenters. The summed E-state index contributed by atoms with van der Waals surface area (Å²) >= 11 is 0. The fraction of sp³-hybridized carbons (Fsp3) is 0.296. The minimum Gasteiger partial charge on any atom is -0.496 e. The Bertz CT molecular complexity index is 1310. The van der Waals surface area contributed by atoms with Gasteiger partial charge in [0.05, 0.1) is 31.4 Å². The summed E-state index contributed by atoms with van der Waals surface area (Å²) < 4.78 is 40.9. The van der Waals surface area contributed by atoms with Crippen molar-refractivity contribution < 1.29 is 33.0 Å². The Kier molecular flexibility index (Phi) is 9.06. The van der Waals surface area contributed by atoms with Crippen molar-refractivity contribution in [2.45, 2.75) is 33.4 Å². The number of rotatable bonds is 9. The second kappa shape index (κ2) is 12.2. The summed E-state index contributed by atoms with van der Waals surface area (Å²) in [5.74, 6) is -1.90. The van der Waals surface area contributed by atoms with Gasteiger partial charge in [-0.3, -0.25) is 0 Å². The van der Waals surface area contributed by atoms with Crippen molar-refractivity contribution >= 4 is 17.9 Å². The molecule has 202 valence electrons. The van der Waals surface area contributed by atoms with Gasteiger partial charge in [0, 0.05) is 24.0 Å². The number of carbonyl (C=O) groups is 1. The minimum atomic E-state index is -2.22. The smallest absolute Gasteiger partial charge is 0.377 e. The molecule has 3 aromatic rings. The maximum Gasteiger partial charge on any atom is 0.377 e. The summed E-state index contributed by atoms with van der Waals surface area (Å²) in [7, 11) is 1.58. The Morgan fingerprint density at radius 2 is 1.89 bits per heavy atom. The van der Waals surface area contributed by atoms with E-state index in [4.69, 9.17) is 14.3 Å². The maximum atomic E-state index is 13.9. The number of halogens is 2. The lowest BCUT2D eigenvalue weighted by molar-refractivity contribution is -0.183. The number of benzene rings is 2. The third-order valence-corrected chi connectivity index (χ3v) is 5.63. The van der Waals surface area contributed by atoms with Crippen LogP contribution in [0.2, 0.25) is 0 Å². The van der Waals surface area contributed by atoms with E-state index in [1.807, 2.05) is 42.8 Å². The van der Waals surface area contributed by atoms with Crippen LogP contribution in [0.1, 0.15) is 38.8 Å². The largest absolute Gasteiger partial charge is 0.496 e. The van der Waals surface area contributed by atoms with Crippen molar-refractivity contribution in [2.24, 2.45) is 5.16 Å². The molecule has 0 aliphatic carbocycles. The molecule has 0 saturated heterocycles. The lowest BCUT2D eigenvalue weighted by Crippen LogP contribution is -2.52. The first kappa shape index (κ1) is 28.2. The number of oxime groups is 1. The van der Waals surface area contributed by atoms with Crippen LogP contribution in [-0.4, -0.2) is 51.6 Å².